The lowest BCUT2D eigenvalue weighted by molar-refractivity contribution is 0.350. The van der Waals surface area contributed by atoms with Gasteiger partial charge in [-0.25, -0.2) is 8.42 Å². The van der Waals surface area contributed by atoms with Gasteiger partial charge in [0.2, 0.25) is 0 Å². The van der Waals surface area contributed by atoms with Gasteiger partial charge in [-0.05, 0) is 12.1 Å². The first-order valence-electron chi connectivity index (χ1n) is 5.67. The SMILES string of the molecule is CN(Cc1cc(C#CCO)cs1)S(=O)(=O)c1ccn[nH]1. The number of hydrogen-bond donors (Lipinski definition) is 2. The Morgan fingerprint density at radius 3 is 3.00 bits per heavy atom. The van der Waals surface area contributed by atoms with E-state index < -0.39 is 10.0 Å². The third-order valence-electron chi connectivity index (χ3n) is 2.51. The van der Waals surface area contributed by atoms with Gasteiger partial charge >= 0.3 is 0 Å². The van der Waals surface area contributed by atoms with Crippen LogP contribution in [0.3, 0.4) is 0 Å². The van der Waals surface area contributed by atoms with Crippen LogP contribution in [0.1, 0.15) is 10.4 Å². The fourth-order valence-corrected chi connectivity index (χ4v) is 3.53. The Hall–Kier alpha value is -1.66. The van der Waals surface area contributed by atoms with Gasteiger partial charge in [0.05, 0.1) is 6.20 Å². The van der Waals surface area contributed by atoms with E-state index in [1.165, 1.54) is 35.0 Å². The van der Waals surface area contributed by atoms with Crippen molar-refractivity contribution < 1.29 is 13.5 Å². The average Bonchev–Trinajstić information content (AvgIpc) is 3.07. The minimum absolute atomic E-state index is 0.0665. The van der Waals surface area contributed by atoms with Gasteiger partial charge in [-0.3, -0.25) is 5.10 Å². The highest BCUT2D eigenvalue weighted by molar-refractivity contribution is 7.89. The maximum atomic E-state index is 12.2. The summed E-state index contributed by atoms with van der Waals surface area (Å²) in [5, 5.41) is 16.6. The van der Waals surface area contributed by atoms with Gasteiger partial charge in [0, 0.05) is 29.4 Å². The lowest BCUT2D eigenvalue weighted by atomic mass is 10.3. The number of sulfonamides is 1. The largest absolute Gasteiger partial charge is 0.384 e. The summed E-state index contributed by atoms with van der Waals surface area (Å²) < 4.78 is 25.6. The van der Waals surface area contributed by atoms with Crippen LogP contribution in [0, 0.1) is 11.8 Å². The first-order valence-corrected chi connectivity index (χ1v) is 7.99. The minimum Gasteiger partial charge on any atom is -0.384 e. The minimum atomic E-state index is -3.56. The van der Waals surface area contributed by atoms with Crippen molar-refractivity contribution >= 4 is 21.4 Å². The number of H-pyrrole nitrogens is 1. The van der Waals surface area contributed by atoms with Crippen LogP contribution in [0.4, 0.5) is 0 Å². The fourth-order valence-electron chi connectivity index (χ4n) is 1.53. The Balaban J connectivity index is 2.12. The molecule has 2 heterocycles. The quantitative estimate of drug-likeness (QED) is 0.811. The Bertz CT molecular complexity index is 724. The topological polar surface area (TPSA) is 86.3 Å². The molecule has 0 bridgehead atoms. The highest BCUT2D eigenvalue weighted by atomic mass is 32.2. The van der Waals surface area contributed by atoms with Crippen LogP contribution in [0.5, 0.6) is 0 Å². The van der Waals surface area contributed by atoms with E-state index in [1.54, 1.807) is 0 Å². The van der Waals surface area contributed by atoms with Crippen LogP contribution in [0.2, 0.25) is 0 Å². The molecule has 0 aliphatic heterocycles. The molecule has 8 heteroatoms. The zero-order valence-electron chi connectivity index (χ0n) is 10.7. The van der Waals surface area contributed by atoms with Crippen LogP contribution < -0.4 is 0 Å². The van der Waals surface area contributed by atoms with Gasteiger partial charge < -0.3 is 5.11 Å². The number of rotatable bonds is 4. The molecule has 0 spiro atoms. The summed E-state index contributed by atoms with van der Waals surface area (Å²) in [7, 11) is -2.05. The predicted octanol–water partition coefficient (Wildman–Crippen LogP) is 0.636. The van der Waals surface area contributed by atoms with Crippen molar-refractivity contribution in [1.82, 2.24) is 14.5 Å². The van der Waals surface area contributed by atoms with E-state index in [2.05, 4.69) is 22.0 Å². The van der Waals surface area contributed by atoms with Crippen molar-refractivity contribution in [3.8, 4) is 11.8 Å². The highest BCUT2D eigenvalue weighted by Crippen LogP contribution is 2.19. The first kappa shape index (κ1) is 14.7. The lowest BCUT2D eigenvalue weighted by Crippen LogP contribution is -2.26. The van der Waals surface area contributed by atoms with E-state index in [0.29, 0.717) is 0 Å². The number of aliphatic hydroxyl groups excluding tert-OH is 1. The maximum Gasteiger partial charge on any atom is 0.260 e. The molecule has 0 saturated heterocycles. The summed E-state index contributed by atoms with van der Waals surface area (Å²) >= 11 is 1.43. The summed E-state index contributed by atoms with van der Waals surface area (Å²) in [6.45, 7) is 0.0616. The molecule has 2 N–H and O–H groups in total. The molecule has 0 amide bonds. The Kier molecular flexibility index (Phi) is 4.57. The standard InChI is InChI=1S/C12H13N3O3S2/c1-15(20(17,18)12-4-5-13-14-12)8-11-7-10(9-19-11)3-2-6-16/h4-5,7,9,16H,6,8H2,1H3,(H,13,14). The van der Waals surface area contributed by atoms with Crippen molar-refractivity contribution in [1.29, 1.82) is 0 Å². The fraction of sp³-hybridized carbons (Fsp3) is 0.250. The van der Waals surface area contributed by atoms with E-state index in [0.717, 1.165) is 10.4 Å². The van der Waals surface area contributed by atoms with Crippen LogP contribution in [0.15, 0.2) is 28.7 Å². The molecular weight excluding hydrogens is 298 g/mol. The molecule has 0 aliphatic rings. The van der Waals surface area contributed by atoms with Crippen LogP contribution in [-0.4, -0.2) is 41.7 Å². The molecule has 0 fully saturated rings. The number of hydrogen-bond acceptors (Lipinski definition) is 5. The molecule has 0 atom stereocenters. The number of nitrogens with one attached hydrogen (secondary N) is 1. The average molecular weight is 311 g/mol. The van der Waals surface area contributed by atoms with Crippen LogP contribution in [0.25, 0.3) is 0 Å². The third-order valence-corrected chi connectivity index (χ3v) is 5.16. The molecule has 6 nitrogen and oxygen atoms in total. The van der Waals surface area contributed by atoms with Crippen molar-refractivity contribution in [2.45, 2.75) is 11.6 Å². The van der Waals surface area contributed by atoms with Gasteiger partial charge in [0.25, 0.3) is 10.0 Å². The van der Waals surface area contributed by atoms with Crippen molar-refractivity contribution in [3.63, 3.8) is 0 Å². The third kappa shape index (κ3) is 3.26. The van der Waals surface area contributed by atoms with Crippen molar-refractivity contribution in [3.05, 3.63) is 34.2 Å². The Morgan fingerprint density at radius 2 is 2.35 bits per heavy atom. The summed E-state index contributed by atoms with van der Waals surface area (Å²) in [5.74, 6) is 5.33. The normalized spacial score (nSPS) is 11.3. The lowest BCUT2D eigenvalue weighted by Gasteiger charge is -2.14. The first-order chi connectivity index (χ1) is 9.54. The molecular formula is C12H13N3O3S2. The number of nitrogens with zero attached hydrogens (tertiary/aromatic N) is 2. The van der Waals surface area contributed by atoms with Crippen LogP contribution >= 0.6 is 11.3 Å². The van der Waals surface area contributed by atoms with E-state index in [1.807, 2.05) is 11.4 Å². The van der Waals surface area contributed by atoms with Gasteiger partial charge in [-0.2, -0.15) is 9.40 Å². The van der Waals surface area contributed by atoms with Crippen LogP contribution in [-0.2, 0) is 16.6 Å². The highest BCUT2D eigenvalue weighted by Gasteiger charge is 2.22. The van der Waals surface area contributed by atoms with E-state index in [4.69, 9.17) is 5.11 Å². The second-order valence-corrected chi connectivity index (χ2v) is 6.95. The van der Waals surface area contributed by atoms with Gasteiger partial charge in [0.15, 0.2) is 5.03 Å². The molecule has 0 radical (unpaired) electrons. The van der Waals surface area contributed by atoms with Gasteiger partial charge in [-0.1, -0.05) is 11.8 Å². The molecule has 2 aromatic rings. The van der Waals surface area contributed by atoms with Crippen molar-refractivity contribution in [2.24, 2.45) is 0 Å². The van der Waals surface area contributed by atoms with E-state index in [9.17, 15) is 8.42 Å². The monoisotopic (exact) mass is 311 g/mol. The summed E-state index contributed by atoms with van der Waals surface area (Å²) in [6, 6.07) is 3.23. The zero-order chi connectivity index (χ0) is 14.6. The molecule has 20 heavy (non-hydrogen) atoms. The van der Waals surface area contributed by atoms with Gasteiger partial charge in [0.1, 0.15) is 6.61 Å². The summed E-state index contributed by atoms with van der Waals surface area (Å²) in [6.07, 6.45) is 1.40. The molecule has 106 valence electrons. The maximum absolute atomic E-state index is 12.2. The number of aromatic nitrogens is 2. The molecule has 0 unspecified atom stereocenters. The zero-order valence-corrected chi connectivity index (χ0v) is 12.3. The number of aliphatic hydroxyl groups is 1. The van der Waals surface area contributed by atoms with Gasteiger partial charge in [-0.15, -0.1) is 11.3 Å². The number of aromatic amines is 1. The Labute approximate surface area is 121 Å². The smallest absolute Gasteiger partial charge is 0.260 e. The molecule has 2 aromatic heterocycles. The summed E-state index contributed by atoms with van der Waals surface area (Å²) in [5.41, 5.74) is 0.770. The molecule has 0 aliphatic carbocycles. The molecule has 2 rings (SSSR count). The number of thiophene rings is 1. The molecule has 0 aromatic carbocycles. The van der Waals surface area contributed by atoms with E-state index in [-0.39, 0.29) is 18.2 Å². The summed E-state index contributed by atoms with van der Waals surface area (Å²) in [4.78, 5) is 0.873. The molecule has 0 saturated carbocycles. The predicted molar refractivity (Wildman–Crippen MR) is 75.5 cm³/mol. The second-order valence-electron chi connectivity index (χ2n) is 3.94. The Morgan fingerprint density at radius 1 is 1.55 bits per heavy atom. The van der Waals surface area contributed by atoms with E-state index >= 15 is 0 Å². The second kappa shape index (κ2) is 6.19. The van der Waals surface area contributed by atoms with Crippen molar-refractivity contribution in [2.75, 3.05) is 13.7 Å².